The summed E-state index contributed by atoms with van der Waals surface area (Å²) in [7, 11) is 0. The van der Waals surface area contributed by atoms with Crippen LogP contribution in [0.25, 0.3) is 0 Å². The van der Waals surface area contributed by atoms with Crippen molar-refractivity contribution in [3.8, 4) is 0 Å². The van der Waals surface area contributed by atoms with Crippen molar-refractivity contribution in [2.75, 3.05) is 13.2 Å². The van der Waals surface area contributed by atoms with Crippen molar-refractivity contribution in [2.45, 2.75) is 0 Å². The van der Waals surface area contributed by atoms with Crippen molar-refractivity contribution in [3.63, 3.8) is 0 Å². The third-order valence-electron chi connectivity index (χ3n) is 3.28. The van der Waals surface area contributed by atoms with E-state index >= 15 is 0 Å². The first-order valence-electron chi connectivity index (χ1n) is 7.37. The molecule has 0 atom stereocenters. The van der Waals surface area contributed by atoms with Gasteiger partial charge in [0.1, 0.15) is 13.2 Å². The van der Waals surface area contributed by atoms with Gasteiger partial charge in [-0.05, 0) is 12.1 Å². The van der Waals surface area contributed by atoms with Crippen molar-refractivity contribution in [3.05, 3.63) is 70.8 Å². The van der Waals surface area contributed by atoms with Crippen molar-refractivity contribution < 1.29 is 38.9 Å². The Balaban J connectivity index is 1.91. The van der Waals surface area contributed by atoms with Crippen molar-refractivity contribution >= 4 is 23.9 Å². The molecule has 0 amide bonds. The number of esters is 2. The van der Waals surface area contributed by atoms with Crippen LogP contribution in [0.5, 0.6) is 0 Å². The lowest BCUT2D eigenvalue weighted by molar-refractivity contribution is -0.256. The number of carbonyl (C=O) groups is 4. The van der Waals surface area contributed by atoms with E-state index in [-0.39, 0.29) is 35.5 Å². The average molecular weight is 356 g/mol. The molecule has 0 aliphatic carbocycles. The summed E-state index contributed by atoms with van der Waals surface area (Å²) in [6.07, 6.45) is 0. The minimum absolute atomic E-state index is 0.193. The molecule has 0 saturated carbocycles. The molecule has 2 rings (SSSR count). The topological polar surface area (TPSA) is 133 Å². The number of hydrogen-bond donors (Lipinski definition) is 0. The number of hydrogen-bond acceptors (Lipinski definition) is 8. The molecule has 0 aliphatic rings. The molecule has 8 heteroatoms. The van der Waals surface area contributed by atoms with E-state index in [1.807, 2.05) is 0 Å². The van der Waals surface area contributed by atoms with Crippen LogP contribution in [0, 0.1) is 0 Å². The summed E-state index contributed by atoms with van der Waals surface area (Å²) in [5.41, 5.74) is -1.03. The smallest absolute Gasteiger partial charge is 0.338 e. The van der Waals surface area contributed by atoms with Gasteiger partial charge in [-0.3, -0.25) is 0 Å². The number of rotatable bonds is 7. The zero-order valence-corrected chi connectivity index (χ0v) is 13.3. The van der Waals surface area contributed by atoms with E-state index in [1.165, 1.54) is 48.5 Å². The molecule has 0 bridgehead atoms. The predicted octanol–water partition coefficient (Wildman–Crippen LogP) is -0.573. The van der Waals surface area contributed by atoms with Gasteiger partial charge in [0, 0.05) is 11.1 Å². The molecule has 0 radical (unpaired) electrons. The Morgan fingerprint density at radius 1 is 0.615 bits per heavy atom. The largest absolute Gasteiger partial charge is 0.545 e. The van der Waals surface area contributed by atoms with Gasteiger partial charge in [0.2, 0.25) is 0 Å². The average Bonchev–Trinajstić information content (AvgIpc) is 2.64. The molecule has 26 heavy (non-hydrogen) atoms. The number of carboxylic acids is 2. The highest BCUT2D eigenvalue weighted by Gasteiger charge is 2.15. The number of benzene rings is 2. The summed E-state index contributed by atoms with van der Waals surface area (Å²) in [6.45, 7) is -0.696. The molecular formula is C18H12O8-2. The van der Waals surface area contributed by atoms with E-state index in [0.717, 1.165) is 0 Å². The van der Waals surface area contributed by atoms with Gasteiger partial charge in [0.05, 0.1) is 23.1 Å². The highest BCUT2D eigenvalue weighted by atomic mass is 16.6. The van der Waals surface area contributed by atoms with Crippen LogP contribution < -0.4 is 10.2 Å². The molecule has 0 heterocycles. The van der Waals surface area contributed by atoms with E-state index in [4.69, 9.17) is 9.47 Å². The van der Waals surface area contributed by atoms with Crippen LogP contribution in [0.3, 0.4) is 0 Å². The Bertz CT molecular complexity index is 784. The molecule has 2 aromatic carbocycles. The van der Waals surface area contributed by atoms with Gasteiger partial charge in [-0.1, -0.05) is 36.4 Å². The van der Waals surface area contributed by atoms with Crippen molar-refractivity contribution in [1.82, 2.24) is 0 Å². The summed E-state index contributed by atoms with van der Waals surface area (Å²) < 4.78 is 9.69. The lowest BCUT2D eigenvalue weighted by Crippen LogP contribution is -2.26. The number of carbonyl (C=O) groups excluding carboxylic acids is 4. The lowest BCUT2D eigenvalue weighted by atomic mass is 10.1. The molecule has 134 valence electrons. The first kappa shape index (κ1) is 18.7. The molecule has 0 fully saturated rings. The standard InChI is InChI=1S/C18H14O8/c19-15(20)11-5-1-3-7-13(11)17(23)25-9-10-26-18(24)14-8-4-2-6-12(14)16(21)22/h1-8H,9-10H2,(H,19,20)(H,21,22)/p-2. The maximum absolute atomic E-state index is 11.9. The van der Waals surface area contributed by atoms with E-state index in [2.05, 4.69) is 0 Å². The van der Waals surface area contributed by atoms with Crippen LogP contribution in [-0.2, 0) is 9.47 Å². The summed E-state index contributed by atoms with van der Waals surface area (Å²) >= 11 is 0. The fourth-order valence-electron chi connectivity index (χ4n) is 2.10. The van der Waals surface area contributed by atoms with Crippen molar-refractivity contribution in [2.24, 2.45) is 0 Å². The van der Waals surface area contributed by atoms with Crippen LogP contribution >= 0.6 is 0 Å². The van der Waals surface area contributed by atoms with Crippen LogP contribution in [0.4, 0.5) is 0 Å². The zero-order valence-electron chi connectivity index (χ0n) is 13.3. The van der Waals surface area contributed by atoms with E-state index in [0.29, 0.717) is 0 Å². The monoisotopic (exact) mass is 356 g/mol. The molecule has 0 aliphatic heterocycles. The van der Waals surface area contributed by atoms with Crippen molar-refractivity contribution in [1.29, 1.82) is 0 Å². The van der Waals surface area contributed by atoms with Gasteiger partial charge in [0.25, 0.3) is 0 Å². The highest BCUT2D eigenvalue weighted by Crippen LogP contribution is 2.11. The zero-order chi connectivity index (χ0) is 19.1. The maximum atomic E-state index is 11.9. The molecule has 2 aromatic rings. The fraction of sp³-hybridized carbons (Fsp3) is 0.111. The second-order valence-electron chi connectivity index (χ2n) is 4.94. The van der Waals surface area contributed by atoms with Gasteiger partial charge in [-0.25, -0.2) is 9.59 Å². The third-order valence-corrected chi connectivity index (χ3v) is 3.28. The third kappa shape index (κ3) is 4.44. The van der Waals surface area contributed by atoms with E-state index < -0.39 is 23.9 Å². The second-order valence-corrected chi connectivity index (χ2v) is 4.94. The van der Waals surface area contributed by atoms with E-state index in [9.17, 15) is 29.4 Å². The Labute approximate surface area is 147 Å². The summed E-state index contributed by atoms with van der Waals surface area (Å²) in [6, 6.07) is 10.7. The number of ether oxygens (including phenoxy) is 2. The van der Waals surface area contributed by atoms with Crippen LogP contribution in [0.1, 0.15) is 41.4 Å². The van der Waals surface area contributed by atoms with Crippen LogP contribution in [-0.4, -0.2) is 37.1 Å². The maximum Gasteiger partial charge on any atom is 0.338 e. The summed E-state index contributed by atoms with van der Waals surface area (Å²) in [5, 5.41) is 21.9. The quantitative estimate of drug-likeness (QED) is 0.476. The molecule has 0 spiro atoms. The number of aromatic carboxylic acids is 2. The first-order valence-corrected chi connectivity index (χ1v) is 7.37. The first-order chi connectivity index (χ1) is 12.4. The molecule has 8 nitrogen and oxygen atoms in total. The molecule has 0 saturated heterocycles. The molecular weight excluding hydrogens is 344 g/mol. The highest BCUT2D eigenvalue weighted by molar-refractivity contribution is 6.02. The molecule has 0 aromatic heterocycles. The Kier molecular flexibility index (Phi) is 6.05. The lowest BCUT2D eigenvalue weighted by Gasteiger charge is -2.11. The summed E-state index contributed by atoms with van der Waals surface area (Å²) in [5.74, 6) is -4.89. The predicted molar refractivity (Wildman–Crippen MR) is 82.1 cm³/mol. The normalized spacial score (nSPS) is 10.0. The Hall–Kier alpha value is -3.68. The van der Waals surface area contributed by atoms with Crippen LogP contribution in [0.15, 0.2) is 48.5 Å². The minimum atomic E-state index is -1.53. The number of carboxylic acid groups (broad SMARTS) is 2. The van der Waals surface area contributed by atoms with Gasteiger partial charge in [-0.15, -0.1) is 0 Å². The molecule has 0 unspecified atom stereocenters. The summed E-state index contributed by atoms with van der Waals surface area (Å²) in [4.78, 5) is 45.7. The fourth-order valence-corrected chi connectivity index (χ4v) is 2.10. The second kappa shape index (κ2) is 8.43. The van der Waals surface area contributed by atoms with Gasteiger partial charge in [-0.2, -0.15) is 0 Å². The van der Waals surface area contributed by atoms with E-state index in [1.54, 1.807) is 0 Å². The van der Waals surface area contributed by atoms with Crippen LogP contribution in [0.2, 0.25) is 0 Å². The van der Waals surface area contributed by atoms with Gasteiger partial charge >= 0.3 is 11.9 Å². The Morgan fingerprint density at radius 3 is 1.23 bits per heavy atom. The Morgan fingerprint density at radius 2 is 0.923 bits per heavy atom. The minimum Gasteiger partial charge on any atom is -0.545 e. The molecule has 0 N–H and O–H groups in total. The van der Waals surface area contributed by atoms with Gasteiger partial charge < -0.3 is 29.3 Å². The SMILES string of the molecule is O=C([O-])c1ccccc1C(=O)OCCOC(=O)c1ccccc1C(=O)[O-]. The van der Waals surface area contributed by atoms with Gasteiger partial charge in [0.15, 0.2) is 0 Å².